The number of fused-ring (bicyclic) bond motifs is 1. The fourth-order valence-corrected chi connectivity index (χ4v) is 4.90. The second-order valence-electron chi connectivity index (χ2n) is 7.44. The van der Waals surface area contributed by atoms with Gasteiger partial charge in [-0.3, -0.25) is 14.3 Å². The summed E-state index contributed by atoms with van der Waals surface area (Å²) in [6, 6.07) is 7.13. The number of aromatic amines is 1. The van der Waals surface area contributed by atoms with Crippen molar-refractivity contribution >= 4 is 27.2 Å². The van der Waals surface area contributed by atoms with Crippen LogP contribution in [0.3, 0.4) is 0 Å². The van der Waals surface area contributed by atoms with E-state index in [1.807, 2.05) is 11.0 Å². The maximum atomic E-state index is 14.6. The van der Waals surface area contributed by atoms with E-state index in [1.165, 1.54) is 23.1 Å². The smallest absolute Gasteiger partial charge is 0.328 e. The Morgan fingerprint density at radius 1 is 1.19 bits per heavy atom. The number of piperazine rings is 1. The van der Waals surface area contributed by atoms with Gasteiger partial charge in [0.1, 0.15) is 4.70 Å². The summed E-state index contributed by atoms with van der Waals surface area (Å²) < 4.78 is 17.8. The topological polar surface area (TPSA) is 92.1 Å². The van der Waals surface area contributed by atoms with E-state index in [2.05, 4.69) is 20.0 Å². The summed E-state index contributed by atoms with van der Waals surface area (Å²) >= 11 is 1.40. The van der Waals surface area contributed by atoms with Crippen LogP contribution in [-0.2, 0) is 13.6 Å². The predicted molar refractivity (Wildman–Crippen MR) is 116 cm³/mol. The lowest BCUT2D eigenvalue weighted by molar-refractivity contribution is 0.251. The summed E-state index contributed by atoms with van der Waals surface area (Å²) in [6.45, 7) is 3.52. The summed E-state index contributed by atoms with van der Waals surface area (Å²) in [5, 5.41) is 4.08. The SMILES string of the molecule is Cn1c(=O)[nH]c2cc(CN3CCN(c4ccc(-n5cccn5)nc4F)CC3)sc2c1=O. The van der Waals surface area contributed by atoms with E-state index in [0.717, 1.165) is 22.5 Å². The minimum absolute atomic E-state index is 0.277. The average Bonchev–Trinajstić information content (AvgIpc) is 3.43. The van der Waals surface area contributed by atoms with Crippen molar-refractivity contribution in [3.63, 3.8) is 0 Å². The highest BCUT2D eigenvalue weighted by Gasteiger charge is 2.21. The molecule has 0 spiro atoms. The van der Waals surface area contributed by atoms with Gasteiger partial charge in [-0.15, -0.1) is 11.3 Å². The van der Waals surface area contributed by atoms with Crippen molar-refractivity contribution in [3.8, 4) is 5.82 Å². The summed E-state index contributed by atoms with van der Waals surface area (Å²) in [5.74, 6) is -0.0652. The molecule has 9 nitrogen and oxygen atoms in total. The largest absolute Gasteiger partial charge is 0.365 e. The van der Waals surface area contributed by atoms with Crippen molar-refractivity contribution in [2.75, 3.05) is 31.1 Å². The Bertz CT molecular complexity index is 1350. The van der Waals surface area contributed by atoms with Crippen LogP contribution in [-0.4, -0.2) is 55.4 Å². The Kier molecular flexibility index (Phi) is 4.91. The quantitative estimate of drug-likeness (QED) is 0.481. The Morgan fingerprint density at radius 3 is 2.71 bits per heavy atom. The molecular weight excluding hydrogens is 421 g/mol. The van der Waals surface area contributed by atoms with E-state index < -0.39 is 11.6 Å². The molecule has 31 heavy (non-hydrogen) atoms. The zero-order valence-corrected chi connectivity index (χ0v) is 17.6. The van der Waals surface area contributed by atoms with Crippen LogP contribution >= 0.6 is 11.3 Å². The van der Waals surface area contributed by atoms with Crippen LogP contribution in [0.25, 0.3) is 16.0 Å². The molecule has 5 heterocycles. The molecule has 0 saturated carbocycles. The molecule has 1 N–H and O–H groups in total. The van der Waals surface area contributed by atoms with E-state index in [-0.39, 0.29) is 5.56 Å². The minimum Gasteiger partial charge on any atom is -0.365 e. The zero-order chi connectivity index (χ0) is 21.5. The lowest BCUT2D eigenvalue weighted by atomic mass is 10.2. The number of halogens is 1. The third-order valence-electron chi connectivity index (χ3n) is 5.47. The van der Waals surface area contributed by atoms with Crippen LogP contribution in [0.2, 0.25) is 0 Å². The van der Waals surface area contributed by atoms with E-state index in [1.54, 1.807) is 30.6 Å². The van der Waals surface area contributed by atoms with Gasteiger partial charge in [-0.2, -0.15) is 14.5 Å². The zero-order valence-electron chi connectivity index (χ0n) is 16.8. The maximum Gasteiger partial charge on any atom is 0.328 e. The molecule has 11 heteroatoms. The minimum atomic E-state index is -0.509. The van der Waals surface area contributed by atoms with E-state index in [4.69, 9.17) is 0 Å². The molecule has 0 aromatic carbocycles. The van der Waals surface area contributed by atoms with Gasteiger partial charge >= 0.3 is 5.69 Å². The van der Waals surface area contributed by atoms with Crippen LogP contribution in [0, 0.1) is 5.95 Å². The van der Waals surface area contributed by atoms with Gasteiger partial charge in [-0.25, -0.2) is 9.48 Å². The van der Waals surface area contributed by atoms with Crippen LogP contribution in [0.15, 0.2) is 46.2 Å². The first-order valence-corrected chi connectivity index (χ1v) is 10.7. The summed E-state index contributed by atoms with van der Waals surface area (Å²) in [5.41, 5.74) is 0.377. The number of anilines is 1. The number of nitrogens with one attached hydrogen (secondary N) is 1. The van der Waals surface area contributed by atoms with Gasteiger partial charge in [0.15, 0.2) is 5.82 Å². The molecule has 0 unspecified atom stereocenters. The molecule has 0 bridgehead atoms. The molecule has 0 amide bonds. The maximum absolute atomic E-state index is 14.6. The van der Waals surface area contributed by atoms with Crippen molar-refractivity contribution in [2.24, 2.45) is 7.05 Å². The number of pyridine rings is 1. The fraction of sp³-hybridized carbons (Fsp3) is 0.300. The molecule has 1 saturated heterocycles. The van der Waals surface area contributed by atoms with Gasteiger partial charge in [-0.05, 0) is 24.3 Å². The third-order valence-corrected chi connectivity index (χ3v) is 6.58. The number of rotatable bonds is 4. The Hall–Kier alpha value is -3.31. The van der Waals surface area contributed by atoms with E-state index in [0.29, 0.717) is 41.4 Å². The van der Waals surface area contributed by atoms with E-state index >= 15 is 0 Å². The van der Waals surface area contributed by atoms with Gasteiger partial charge in [0.25, 0.3) is 5.56 Å². The Labute approximate surface area is 180 Å². The van der Waals surface area contributed by atoms with Gasteiger partial charge < -0.3 is 9.88 Å². The number of hydrogen-bond donors (Lipinski definition) is 1. The van der Waals surface area contributed by atoms with E-state index in [9.17, 15) is 14.0 Å². The first-order chi connectivity index (χ1) is 15.0. The Morgan fingerprint density at radius 2 is 2.00 bits per heavy atom. The van der Waals surface area contributed by atoms with Crippen LogP contribution in [0.4, 0.5) is 10.1 Å². The van der Waals surface area contributed by atoms with Crippen LogP contribution in [0.1, 0.15) is 4.88 Å². The number of thiophene rings is 1. The number of hydrogen-bond acceptors (Lipinski definition) is 7. The molecule has 4 aromatic rings. The van der Waals surface area contributed by atoms with Gasteiger partial charge in [0.2, 0.25) is 5.95 Å². The predicted octanol–water partition coefficient (Wildman–Crippen LogP) is 1.33. The van der Waals surface area contributed by atoms with Crippen molar-refractivity contribution in [1.29, 1.82) is 0 Å². The first kappa shape index (κ1) is 19.6. The average molecular weight is 441 g/mol. The summed E-state index contributed by atoms with van der Waals surface area (Å²) in [6.07, 6.45) is 3.35. The second-order valence-corrected chi connectivity index (χ2v) is 8.58. The molecule has 1 aliphatic heterocycles. The molecule has 1 aliphatic rings. The number of aromatic nitrogens is 5. The lowest BCUT2D eigenvalue weighted by Gasteiger charge is -2.35. The fourth-order valence-electron chi connectivity index (χ4n) is 3.77. The second kappa shape index (κ2) is 7.75. The molecule has 5 rings (SSSR count). The standard InChI is InChI=1S/C20H20FN7O2S/c1-25-19(29)17-14(23-20(25)30)11-13(31-17)12-26-7-9-27(10-8-26)15-3-4-16(24-18(15)21)28-6-2-5-22-28/h2-6,11H,7-10,12H2,1H3,(H,23,30). The van der Waals surface area contributed by atoms with Crippen molar-refractivity contribution in [3.05, 3.63) is 68.3 Å². The monoisotopic (exact) mass is 441 g/mol. The molecular formula is C20H20FN7O2S. The van der Waals surface area contributed by atoms with Crippen LogP contribution < -0.4 is 16.1 Å². The van der Waals surface area contributed by atoms with Gasteiger partial charge in [0.05, 0.1) is 11.2 Å². The summed E-state index contributed by atoms with van der Waals surface area (Å²) in [7, 11) is 1.47. The van der Waals surface area contributed by atoms with Gasteiger partial charge in [-0.1, -0.05) is 0 Å². The third kappa shape index (κ3) is 3.66. The Balaban J connectivity index is 1.27. The highest BCUT2D eigenvalue weighted by molar-refractivity contribution is 7.18. The van der Waals surface area contributed by atoms with Crippen molar-refractivity contribution in [1.82, 2.24) is 29.2 Å². The number of nitrogens with zero attached hydrogens (tertiary/aromatic N) is 6. The molecule has 0 atom stereocenters. The first-order valence-electron chi connectivity index (χ1n) is 9.85. The molecule has 1 fully saturated rings. The summed E-state index contributed by atoms with van der Waals surface area (Å²) in [4.78, 5) is 36.1. The molecule has 0 radical (unpaired) electrons. The normalized spacial score (nSPS) is 15.1. The van der Waals surface area contributed by atoms with Crippen LogP contribution in [0.5, 0.6) is 0 Å². The lowest BCUT2D eigenvalue weighted by Crippen LogP contribution is -2.46. The number of H-pyrrole nitrogens is 1. The highest BCUT2D eigenvalue weighted by atomic mass is 32.1. The molecule has 4 aromatic heterocycles. The highest BCUT2D eigenvalue weighted by Crippen LogP contribution is 2.24. The van der Waals surface area contributed by atoms with Crippen molar-refractivity contribution in [2.45, 2.75) is 6.54 Å². The van der Waals surface area contributed by atoms with Crippen molar-refractivity contribution < 1.29 is 4.39 Å². The molecule has 0 aliphatic carbocycles. The van der Waals surface area contributed by atoms with Gasteiger partial charge in [0, 0.05) is 57.0 Å². The molecule has 160 valence electrons.